The molecule has 2 saturated heterocycles. The maximum Gasteiger partial charge on any atom is 0.313 e. The first-order chi connectivity index (χ1) is 10.9. The summed E-state index contributed by atoms with van der Waals surface area (Å²) in [7, 11) is 0. The number of hydrogen-bond acceptors (Lipinski definition) is 3. The Morgan fingerprint density at radius 1 is 1.08 bits per heavy atom. The van der Waals surface area contributed by atoms with Gasteiger partial charge in [0.05, 0.1) is 5.41 Å². The van der Waals surface area contributed by atoms with Gasteiger partial charge in [0.25, 0.3) is 5.91 Å². The molecule has 4 bridgehead atoms. The van der Waals surface area contributed by atoms with Crippen molar-refractivity contribution in [3.8, 4) is 0 Å². The van der Waals surface area contributed by atoms with Crippen LogP contribution in [0.2, 0.25) is 0 Å². The van der Waals surface area contributed by atoms with Gasteiger partial charge in [0.15, 0.2) is 5.60 Å². The van der Waals surface area contributed by atoms with Gasteiger partial charge in [0.1, 0.15) is 0 Å². The van der Waals surface area contributed by atoms with E-state index in [4.69, 9.17) is 4.74 Å². The fraction of sp³-hybridized carbons (Fsp3) is 0.900. The third-order valence-electron chi connectivity index (χ3n) is 8.10. The molecule has 2 aliphatic carbocycles. The molecule has 4 fully saturated rings. The van der Waals surface area contributed by atoms with Crippen molar-refractivity contribution in [3.05, 3.63) is 0 Å². The van der Waals surface area contributed by atoms with E-state index in [1.165, 1.54) is 0 Å². The van der Waals surface area contributed by atoms with Crippen molar-refractivity contribution in [2.75, 3.05) is 6.54 Å². The lowest BCUT2D eigenvalue weighted by molar-refractivity contribution is -0.174. The van der Waals surface area contributed by atoms with Crippen LogP contribution in [0, 0.1) is 21.7 Å². The number of amides is 1. The lowest BCUT2D eigenvalue weighted by atomic mass is 9.65. The van der Waals surface area contributed by atoms with E-state index in [1.807, 2.05) is 6.92 Å². The second-order valence-corrected chi connectivity index (χ2v) is 10.8. The number of ether oxygens (including phenoxy) is 1. The molecule has 0 radical (unpaired) electrons. The molecule has 0 aromatic heterocycles. The first-order valence-electron chi connectivity index (χ1n) is 9.41. The van der Waals surface area contributed by atoms with Crippen LogP contribution in [-0.2, 0) is 14.3 Å². The molecule has 2 aliphatic heterocycles. The van der Waals surface area contributed by atoms with E-state index in [9.17, 15) is 9.59 Å². The van der Waals surface area contributed by atoms with E-state index in [0.29, 0.717) is 12.5 Å². The van der Waals surface area contributed by atoms with Gasteiger partial charge in [-0.05, 0) is 49.9 Å². The Labute approximate surface area is 145 Å². The summed E-state index contributed by atoms with van der Waals surface area (Å²) in [5.41, 5.74) is -1.44. The van der Waals surface area contributed by atoms with Crippen LogP contribution in [0.25, 0.3) is 0 Å². The highest BCUT2D eigenvalue weighted by atomic mass is 16.6. The minimum absolute atomic E-state index is 0.0773. The van der Waals surface area contributed by atoms with Crippen molar-refractivity contribution >= 4 is 11.9 Å². The van der Waals surface area contributed by atoms with E-state index in [-0.39, 0.29) is 22.7 Å². The Morgan fingerprint density at radius 2 is 1.75 bits per heavy atom. The Morgan fingerprint density at radius 3 is 2.29 bits per heavy atom. The minimum atomic E-state index is -0.948. The number of nitrogens with zero attached hydrogens (tertiary/aromatic N) is 1. The highest BCUT2D eigenvalue weighted by Gasteiger charge is 2.76. The SMILES string of the molecule is CC1(C)C[C@H]2C[C@@](C)(CN2C(=O)[C@@]23CC[C@@](C)(C(=O)O2)C3(C)C)C1. The fourth-order valence-electron chi connectivity index (χ4n) is 6.65. The third kappa shape index (κ3) is 1.70. The Bertz CT molecular complexity index is 639. The van der Waals surface area contributed by atoms with Crippen molar-refractivity contribution in [3.63, 3.8) is 0 Å². The summed E-state index contributed by atoms with van der Waals surface area (Å²) in [6, 6.07) is 0.294. The molecule has 4 aliphatic rings. The van der Waals surface area contributed by atoms with Crippen molar-refractivity contribution in [2.24, 2.45) is 21.7 Å². The zero-order valence-electron chi connectivity index (χ0n) is 16.0. The topological polar surface area (TPSA) is 46.6 Å². The number of carbonyl (C=O) groups excluding carboxylic acids is 2. The average molecular weight is 333 g/mol. The highest BCUT2D eigenvalue weighted by Crippen LogP contribution is 2.66. The molecule has 4 atom stereocenters. The molecule has 0 aromatic carbocycles. The number of likely N-dealkylation sites (tertiary alicyclic amines) is 1. The molecule has 0 spiro atoms. The van der Waals surface area contributed by atoms with Crippen LogP contribution in [-0.4, -0.2) is 35.0 Å². The Kier molecular flexibility index (Phi) is 2.86. The van der Waals surface area contributed by atoms with Gasteiger partial charge >= 0.3 is 5.97 Å². The van der Waals surface area contributed by atoms with Crippen molar-refractivity contribution < 1.29 is 14.3 Å². The number of esters is 1. The Hall–Kier alpha value is -1.06. The Balaban J connectivity index is 1.70. The average Bonchev–Trinajstić information content (AvgIpc) is 2.86. The third-order valence-corrected chi connectivity index (χ3v) is 8.10. The summed E-state index contributed by atoms with van der Waals surface area (Å²) in [5, 5.41) is 0. The maximum absolute atomic E-state index is 13.7. The van der Waals surface area contributed by atoms with Crippen molar-refractivity contribution in [1.29, 1.82) is 0 Å². The number of fused-ring (bicyclic) bond motifs is 4. The van der Waals surface area contributed by atoms with Gasteiger partial charge in [-0.3, -0.25) is 9.59 Å². The zero-order chi connectivity index (χ0) is 17.8. The quantitative estimate of drug-likeness (QED) is 0.690. The minimum Gasteiger partial charge on any atom is -0.448 e. The molecule has 0 N–H and O–H groups in total. The normalized spacial score (nSPS) is 47.8. The smallest absolute Gasteiger partial charge is 0.313 e. The molecule has 4 heteroatoms. The van der Waals surface area contributed by atoms with Crippen LogP contribution < -0.4 is 0 Å². The predicted octanol–water partition coefficient (Wildman–Crippen LogP) is 3.54. The van der Waals surface area contributed by atoms with Gasteiger partial charge in [-0.2, -0.15) is 0 Å². The molecule has 2 heterocycles. The predicted molar refractivity (Wildman–Crippen MR) is 91.2 cm³/mol. The van der Waals surface area contributed by atoms with E-state index >= 15 is 0 Å². The molecule has 2 saturated carbocycles. The van der Waals surface area contributed by atoms with Gasteiger partial charge in [0, 0.05) is 18.0 Å². The molecular weight excluding hydrogens is 302 g/mol. The van der Waals surface area contributed by atoms with Crippen LogP contribution in [0.3, 0.4) is 0 Å². The van der Waals surface area contributed by atoms with Crippen LogP contribution in [0.5, 0.6) is 0 Å². The van der Waals surface area contributed by atoms with E-state index in [1.54, 1.807) is 0 Å². The highest BCUT2D eigenvalue weighted by molar-refractivity contribution is 5.96. The van der Waals surface area contributed by atoms with Crippen LogP contribution >= 0.6 is 0 Å². The molecule has 4 nitrogen and oxygen atoms in total. The standard InChI is InChI=1S/C20H31NO3/c1-16(2)9-13-10-18(5,11-16)12-21(13)14(22)20-8-7-19(6,15(23)24-20)17(20,3)4/h13H,7-12H2,1-6H3/t13-,18+,19-,20+/m0/s1. The lowest BCUT2D eigenvalue weighted by Gasteiger charge is -2.41. The van der Waals surface area contributed by atoms with E-state index < -0.39 is 16.4 Å². The lowest BCUT2D eigenvalue weighted by Crippen LogP contribution is -2.56. The number of rotatable bonds is 1. The largest absolute Gasteiger partial charge is 0.448 e. The monoisotopic (exact) mass is 333 g/mol. The summed E-state index contributed by atoms with van der Waals surface area (Å²) in [6.07, 6.45) is 4.73. The molecule has 0 unspecified atom stereocenters. The second-order valence-electron chi connectivity index (χ2n) is 10.8. The molecule has 1 amide bonds. The molecule has 0 aromatic rings. The maximum atomic E-state index is 13.7. The van der Waals surface area contributed by atoms with Crippen LogP contribution in [0.1, 0.15) is 73.6 Å². The van der Waals surface area contributed by atoms with Crippen LogP contribution in [0.4, 0.5) is 0 Å². The summed E-state index contributed by atoms with van der Waals surface area (Å²) in [5.74, 6) is -0.102. The number of carbonyl (C=O) groups is 2. The second kappa shape index (κ2) is 4.19. The van der Waals surface area contributed by atoms with E-state index in [0.717, 1.165) is 32.2 Å². The summed E-state index contributed by atoms with van der Waals surface area (Å²) in [4.78, 5) is 28.3. The zero-order valence-corrected chi connectivity index (χ0v) is 16.0. The van der Waals surface area contributed by atoms with Crippen LogP contribution in [0.15, 0.2) is 0 Å². The molecule has 24 heavy (non-hydrogen) atoms. The van der Waals surface area contributed by atoms with E-state index in [2.05, 4.69) is 39.5 Å². The summed E-state index contributed by atoms with van der Waals surface area (Å²) >= 11 is 0. The van der Waals surface area contributed by atoms with Crippen molar-refractivity contribution in [1.82, 2.24) is 4.90 Å². The first kappa shape index (κ1) is 16.4. The summed E-state index contributed by atoms with van der Waals surface area (Å²) in [6.45, 7) is 13.8. The molecule has 134 valence electrons. The van der Waals surface area contributed by atoms with Gasteiger partial charge in [-0.15, -0.1) is 0 Å². The van der Waals surface area contributed by atoms with Crippen molar-refractivity contribution in [2.45, 2.75) is 85.3 Å². The molecular formula is C20H31NO3. The molecule has 4 rings (SSSR count). The first-order valence-corrected chi connectivity index (χ1v) is 9.41. The van der Waals surface area contributed by atoms with Gasteiger partial charge in [-0.1, -0.05) is 34.6 Å². The fourth-order valence-corrected chi connectivity index (χ4v) is 6.65. The summed E-state index contributed by atoms with van der Waals surface area (Å²) < 4.78 is 5.84. The number of hydrogen-bond donors (Lipinski definition) is 0. The van der Waals surface area contributed by atoms with Gasteiger partial charge in [0.2, 0.25) is 0 Å². The van der Waals surface area contributed by atoms with Gasteiger partial charge < -0.3 is 9.64 Å². The van der Waals surface area contributed by atoms with Gasteiger partial charge in [-0.25, -0.2) is 0 Å².